The second-order valence-corrected chi connectivity index (χ2v) is 6.62. The number of rotatable bonds is 4. The zero-order valence-electron chi connectivity index (χ0n) is 13.8. The molecule has 2 aliphatic rings. The van der Waals surface area contributed by atoms with Crippen molar-refractivity contribution in [1.82, 2.24) is 5.43 Å². The predicted molar refractivity (Wildman–Crippen MR) is 96.8 cm³/mol. The minimum absolute atomic E-state index is 0.418. The van der Waals surface area contributed by atoms with Crippen LogP contribution >= 0.6 is 0 Å². The Balaban J connectivity index is 1.62. The number of carbonyl (C=O) groups excluding carboxylic acids is 1. The summed E-state index contributed by atoms with van der Waals surface area (Å²) in [7, 11) is 0. The summed E-state index contributed by atoms with van der Waals surface area (Å²) in [4.78, 5) is 12.9. The molecule has 1 fully saturated rings. The maximum atomic E-state index is 12.9. The van der Waals surface area contributed by atoms with Crippen LogP contribution in [0.3, 0.4) is 0 Å². The Kier molecular flexibility index (Phi) is 3.98. The molecule has 126 valence electrons. The number of hydrazone groups is 1. The largest absolute Gasteiger partial charge is 0.372 e. The van der Waals surface area contributed by atoms with Crippen LogP contribution in [0.1, 0.15) is 24.0 Å². The van der Waals surface area contributed by atoms with Gasteiger partial charge in [0.05, 0.1) is 0 Å². The summed E-state index contributed by atoms with van der Waals surface area (Å²) in [6.45, 7) is 0. The van der Waals surface area contributed by atoms with Crippen molar-refractivity contribution >= 4 is 11.6 Å². The molecule has 2 aromatic rings. The van der Waals surface area contributed by atoms with Crippen LogP contribution < -0.4 is 5.43 Å². The van der Waals surface area contributed by atoms with Gasteiger partial charge in [-0.1, -0.05) is 72.8 Å². The van der Waals surface area contributed by atoms with Crippen molar-refractivity contribution < 1.29 is 9.90 Å². The number of hydrogen-bond acceptors (Lipinski definition) is 3. The molecule has 2 N–H and O–H groups in total. The Morgan fingerprint density at radius 3 is 2.20 bits per heavy atom. The normalized spacial score (nSPS) is 23.2. The highest BCUT2D eigenvalue weighted by Crippen LogP contribution is 2.40. The fraction of sp³-hybridized carbons (Fsp3) is 0.238. The van der Waals surface area contributed by atoms with E-state index in [0.717, 1.165) is 18.6 Å². The van der Waals surface area contributed by atoms with Crippen LogP contribution in [-0.2, 0) is 10.4 Å². The fourth-order valence-corrected chi connectivity index (χ4v) is 3.65. The molecule has 1 saturated carbocycles. The molecule has 0 aliphatic heterocycles. The SMILES string of the molecule is O=C(N/N=C1\C[C@H]2C=CC[C@H]12)C(O)(c1ccccc1)c1ccccc1. The van der Waals surface area contributed by atoms with Crippen LogP contribution in [0, 0.1) is 11.8 Å². The average Bonchev–Trinajstić information content (AvgIpc) is 3.03. The molecule has 4 heteroatoms. The molecule has 0 unspecified atom stereocenters. The Hall–Kier alpha value is -2.72. The van der Waals surface area contributed by atoms with E-state index in [0.29, 0.717) is 23.0 Å². The van der Waals surface area contributed by atoms with Gasteiger partial charge in [0.2, 0.25) is 0 Å². The second-order valence-electron chi connectivity index (χ2n) is 6.62. The number of amides is 1. The monoisotopic (exact) mass is 332 g/mol. The minimum Gasteiger partial charge on any atom is -0.372 e. The van der Waals surface area contributed by atoms with E-state index in [9.17, 15) is 9.90 Å². The molecule has 0 aromatic heterocycles. The lowest BCUT2D eigenvalue weighted by molar-refractivity contribution is -0.136. The van der Waals surface area contributed by atoms with Crippen LogP contribution in [0.25, 0.3) is 0 Å². The van der Waals surface area contributed by atoms with E-state index in [2.05, 4.69) is 22.7 Å². The first-order valence-electron chi connectivity index (χ1n) is 8.56. The van der Waals surface area contributed by atoms with E-state index in [1.807, 2.05) is 36.4 Å². The summed E-state index contributed by atoms with van der Waals surface area (Å²) in [5, 5.41) is 15.6. The number of hydrogen-bond donors (Lipinski definition) is 2. The smallest absolute Gasteiger partial charge is 0.281 e. The summed E-state index contributed by atoms with van der Waals surface area (Å²) in [5.74, 6) is 0.450. The van der Waals surface area contributed by atoms with Crippen molar-refractivity contribution in [2.24, 2.45) is 16.9 Å². The first kappa shape index (κ1) is 15.8. The fourth-order valence-electron chi connectivity index (χ4n) is 3.65. The number of fused-ring (bicyclic) bond motifs is 1. The van der Waals surface area contributed by atoms with Crippen LogP contribution in [0.4, 0.5) is 0 Å². The Bertz CT molecular complexity index is 788. The molecule has 0 saturated heterocycles. The first-order chi connectivity index (χ1) is 12.2. The summed E-state index contributed by atoms with van der Waals surface area (Å²) in [5.41, 5.74) is 2.88. The van der Waals surface area contributed by atoms with E-state index < -0.39 is 11.5 Å². The second kappa shape index (κ2) is 6.30. The van der Waals surface area contributed by atoms with Gasteiger partial charge >= 0.3 is 0 Å². The molecule has 2 aromatic carbocycles. The quantitative estimate of drug-likeness (QED) is 0.668. The number of allylic oxidation sites excluding steroid dienone is 2. The third kappa shape index (κ3) is 2.68. The van der Waals surface area contributed by atoms with E-state index >= 15 is 0 Å². The van der Waals surface area contributed by atoms with Crippen LogP contribution in [0.5, 0.6) is 0 Å². The third-order valence-electron chi connectivity index (χ3n) is 5.18. The van der Waals surface area contributed by atoms with Crippen molar-refractivity contribution in [3.63, 3.8) is 0 Å². The van der Waals surface area contributed by atoms with E-state index in [-0.39, 0.29) is 0 Å². The predicted octanol–water partition coefficient (Wildman–Crippen LogP) is 2.99. The number of aliphatic hydroxyl groups is 1. The number of nitrogens with zero attached hydrogens (tertiary/aromatic N) is 1. The maximum Gasteiger partial charge on any atom is 0.281 e. The highest BCUT2D eigenvalue weighted by Gasteiger charge is 2.41. The Morgan fingerprint density at radius 2 is 1.64 bits per heavy atom. The van der Waals surface area contributed by atoms with Crippen molar-refractivity contribution in [1.29, 1.82) is 0 Å². The lowest BCUT2D eigenvalue weighted by atomic mass is 9.74. The Labute approximate surface area is 146 Å². The third-order valence-corrected chi connectivity index (χ3v) is 5.18. The molecule has 0 heterocycles. The zero-order chi connectivity index (χ0) is 17.3. The highest BCUT2D eigenvalue weighted by molar-refractivity contribution is 5.96. The van der Waals surface area contributed by atoms with Gasteiger partial charge in [0.15, 0.2) is 5.60 Å². The summed E-state index contributed by atoms with van der Waals surface area (Å²) >= 11 is 0. The van der Waals surface area contributed by atoms with E-state index in [1.54, 1.807) is 24.3 Å². The van der Waals surface area contributed by atoms with Gasteiger partial charge in [-0.15, -0.1) is 0 Å². The zero-order valence-corrected chi connectivity index (χ0v) is 13.8. The van der Waals surface area contributed by atoms with Crippen LogP contribution in [0.2, 0.25) is 0 Å². The highest BCUT2D eigenvalue weighted by atomic mass is 16.3. The van der Waals surface area contributed by atoms with Gasteiger partial charge in [-0.2, -0.15) is 5.10 Å². The topological polar surface area (TPSA) is 61.7 Å². The number of carbonyl (C=O) groups is 1. The van der Waals surface area contributed by atoms with E-state index in [1.165, 1.54) is 0 Å². The number of nitrogens with one attached hydrogen (secondary N) is 1. The molecular formula is C21H20N2O2. The van der Waals surface area contributed by atoms with Crippen molar-refractivity contribution in [2.45, 2.75) is 18.4 Å². The standard InChI is InChI=1S/C21H20N2O2/c24-20(23-22-19-14-15-8-7-13-18(15)19)21(25,16-9-3-1-4-10-16)17-11-5-2-6-12-17/h1-12,15,18,25H,13-14H2,(H,23,24)/b22-19+/t15-,18+/m1/s1. The number of benzene rings is 2. The molecule has 2 atom stereocenters. The van der Waals surface area contributed by atoms with Crippen molar-refractivity contribution in [3.05, 3.63) is 83.9 Å². The molecule has 4 rings (SSSR count). The summed E-state index contributed by atoms with van der Waals surface area (Å²) in [6.07, 6.45) is 6.26. The molecule has 1 amide bonds. The van der Waals surface area contributed by atoms with Gasteiger partial charge in [0.25, 0.3) is 5.91 Å². The van der Waals surface area contributed by atoms with Crippen molar-refractivity contribution in [3.8, 4) is 0 Å². The van der Waals surface area contributed by atoms with Crippen LogP contribution in [-0.4, -0.2) is 16.7 Å². The van der Waals surface area contributed by atoms with E-state index in [4.69, 9.17) is 0 Å². The molecule has 0 radical (unpaired) electrons. The molecular weight excluding hydrogens is 312 g/mol. The van der Waals surface area contributed by atoms with Gasteiger partial charge in [-0.3, -0.25) is 4.79 Å². The van der Waals surface area contributed by atoms with Gasteiger partial charge in [-0.05, 0) is 29.9 Å². The van der Waals surface area contributed by atoms with Crippen LogP contribution in [0.15, 0.2) is 77.9 Å². The van der Waals surface area contributed by atoms with Gasteiger partial charge in [0, 0.05) is 11.6 Å². The summed E-state index contributed by atoms with van der Waals surface area (Å²) < 4.78 is 0. The van der Waals surface area contributed by atoms with Crippen molar-refractivity contribution in [2.75, 3.05) is 0 Å². The summed E-state index contributed by atoms with van der Waals surface area (Å²) in [6, 6.07) is 17.9. The van der Waals surface area contributed by atoms with Gasteiger partial charge in [-0.25, -0.2) is 5.43 Å². The first-order valence-corrected chi connectivity index (χ1v) is 8.56. The molecule has 0 spiro atoms. The lowest BCUT2D eigenvalue weighted by Crippen LogP contribution is -2.45. The maximum absolute atomic E-state index is 12.9. The van der Waals surface area contributed by atoms with Gasteiger partial charge < -0.3 is 5.11 Å². The molecule has 4 nitrogen and oxygen atoms in total. The molecule has 0 bridgehead atoms. The lowest BCUT2D eigenvalue weighted by Gasteiger charge is -2.32. The molecule has 2 aliphatic carbocycles. The van der Waals surface area contributed by atoms with Gasteiger partial charge in [0.1, 0.15) is 0 Å². The molecule has 25 heavy (non-hydrogen) atoms. The average molecular weight is 332 g/mol. The Morgan fingerprint density at radius 1 is 1.04 bits per heavy atom. The minimum atomic E-state index is -1.77.